The fraction of sp³-hybridized carbons (Fsp3) is 0.938. The molecule has 2 rings (SSSR count). The van der Waals surface area contributed by atoms with Gasteiger partial charge in [0.05, 0.1) is 0 Å². The van der Waals surface area contributed by atoms with Crippen molar-refractivity contribution in [3.05, 3.63) is 0 Å². The molecule has 1 aliphatic carbocycles. The van der Waals surface area contributed by atoms with E-state index in [1.54, 1.807) is 0 Å². The number of rotatable bonds is 4. The zero-order valence-electron chi connectivity index (χ0n) is 12.0. The van der Waals surface area contributed by atoms with Crippen molar-refractivity contribution in [1.29, 1.82) is 0 Å². The summed E-state index contributed by atoms with van der Waals surface area (Å²) in [6.45, 7) is 4.57. The largest absolute Gasteiger partial charge is 0.300 e. The van der Waals surface area contributed by atoms with E-state index in [2.05, 4.69) is 11.8 Å². The van der Waals surface area contributed by atoms with E-state index in [1.165, 1.54) is 51.5 Å². The molecule has 1 saturated heterocycles. The van der Waals surface area contributed by atoms with Gasteiger partial charge < -0.3 is 0 Å². The molecule has 0 spiro atoms. The molecule has 0 N–H and O–H groups in total. The summed E-state index contributed by atoms with van der Waals surface area (Å²) in [6, 6.07) is 0.764. The van der Waals surface area contributed by atoms with Gasteiger partial charge in [-0.1, -0.05) is 32.6 Å². The quantitative estimate of drug-likeness (QED) is 0.709. The van der Waals surface area contributed by atoms with Gasteiger partial charge in [0.1, 0.15) is 5.78 Å². The number of carbonyl (C=O) groups excluding carboxylic acids is 1. The van der Waals surface area contributed by atoms with E-state index in [-0.39, 0.29) is 0 Å². The van der Waals surface area contributed by atoms with Gasteiger partial charge in [-0.3, -0.25) is 9.69 Å². The molecule has 0 aromatic carbocycles. The molecule has 1 aliphatic heterocycles. The van der Waals surface area contributed by atoms with Crippen LogP contribution in [0.15, 0.2) is 0 Å². The lowest BCUT2D eigenvalue weighted by atomic mass is 9.93. The average Bonchev–Trinajstić information content (AvgIpc) is 2.58. The first kappa shape index (κ1) is 14.0. The maximum absolute atomic E-state index is 12.1. The molecule has 0 aromatic rings. The van der Waals surface area contributed by atoms with Crippen molar-refractivity contribution >= 4 is 5.78 Å². The normalized spacial score (nSPS) is 31.3. The van der Waals surface area contributed by atoms with Crippen LogP contribution in [-0.4, -0.2) is 29.8 Å². The minimum absolute atomic E-state index is 0.352. The van der Waals surface area contributed by atoms with Gasteiger partial charge in [-0.05, 0) is 38.6 Å². The second-order valence-corrected chi connectivity index (χ2v) is 6.20. The number of Topliss-reactive ketones (excluding diaryl/α,β-unsaturated/α-hetero) is 1. The first-order valence-electron chi connectivity index (χ1n) is 8.08. The lowest BCUT2D eigenvalue weighted by Gasteiger charge is -2.37. The van der Waals surface area contributed by atoms with Crippen LogP contribution in [0.4, 0.5) is 0 Å². The zero-order valence-corrected chi connectivity index (χ0v) is 12.0. The Morgan fingerprint density at radius 2 is 1.94 bits per heavy atom. The second-order valence-electron chi connectivity index (χ2n) is 6.20. The zero-order chi connectivity index (χ0) is 12.8. The molecular formula is C16H29NO. The minimum Gasteiger partial charge on any atom is -0.300 e. The Morgan fingerprint density at radius 1 is 1.11 bits per heavy atom. The second kappa shape index (κ2) is 7.28. The standard InChI is InChI=1S/C16H29NO/c1-2-8-15-10-6-7-12-17(15)13-14-9-4-3-5-11-16(14)18/h14-15H,2-13H2,1H3. The summed E-state index contributed by atoms with van der Waals surface area (Å²) in [5, 5.41) is 0. The maximum Gasteiger partial charge on any atom is 0.137 e. The van der Waals surface area contributed by atoms with Gasteiger partial charge in [0.15, 0.2) is 0 Å². The summed E-state index contributed by atoms with van der Waals surface area (Å²) in [6.07, 6.45) is 12.3. The highest BCUT2D eigenvalue weighted by atomic mass is 16.1. The molecule has 2 nitrogen and oxygen atoms in total. The predicted octanol–water partition coefficient (Wildman–Crippen LogP) is 3.79. The van der Waals surface area contributed by atoms with Crippen molar-refractivity contribution in [2.45, 2.75) is 77.2 Å². The van der Waals surface area contributed by atoms with Gasteiger partial charge in [0, 0.05) is 24.9 Å². The molecule has 2 fully saturated rings. The molecule has 1 heterocycles. The van der Waals surface area contributed by atoms with Crippen LogP contribution in [0, 0.1) is 5.92 Å². The van der Waals surface area contributed by atoms with Gasteiger partial charge in [-0.2, -0.15) is 0 Å². The molecule has 1 saturated carbocycles. The highest BCUT2D eigenvalue weighted by Gasteiger charge is 2.28. The third-order valence-electron chi connectivity index (χ3n) is 4.76. The molecule has 18 heavy (non-hydrogen) atoms. The Morgan fingerprint density at radius 3 is 2.78 bits per heavy atom. The minimum atomic E-state index is 0.352. The monoisotopic (exact) mass is 251 g/mol. The van der Waals surface area contributed by atoms with Crippen LogP contribution in [0.25, 0.3) is 0 Å². The lowest BCUT2D eigenvalue weighted by Crippen LogP contribution is -2.43. The third kappa shape index (κ3) is 3.81. The maximum atomic E-state index is 12.1. The molecule has 0 aromatic heterocycles. The van der Waals surface area contributed by atoms with Crippen molar-refractivity contribution in [2.75, 3.05) is 13.1 Å². The summed E-state index contributed by atoms with van der Waals surface area (Å²) in [7, 11) is 0. The molecule has 2 unspecified atom stereocenters. The van der Waals surface area contributed by atoms with Crippen LogP contribution in [0.3, 0.4) is 0 Å². The molecule has 2 atom stereocenters. The van der Waals surface area contributed by atoms with E-state index in [0.29, 0.717) is 11.7 Å². The van der Waals surface area contributed by atoms with E-state index in [9.17, 15) is 4.79 Å². The summed E-state index contributed by atoms with van der Waals surface area (Å²) in [5.74, 6) is 0.901. The Kier molecular flexibility index (Phi) is 5.68. The summed E-state index contributed by atoms with van der Waals surface area (Å²) < 4.78 is 0. The van der Waals surface area contributed by atoms with Gasteiger partial charge in [0.25, 0.3) is 0 Å². The molecule has 2 heteroatoms. The summed E-state index contributed by atoms with van der Waals surface area (Å²) in [5.41, 5.74) is 0. The van der Waals surface area contributed by atoms with Gasteiger partial charge in [-0.15, -0.1) is 0 Å². The Labute approximate surface area is 112 Å². The number of piperidine rings is 1. The fourth-order valence-electron chi connectivity index (χ4n) is 3.67. The van der Waals surface area contributed by atoms with Crippen molar-refractivity contribution in [2.24, 2.45) is 5.92 Å². The molecule has 2 aliphatic rings. The molecule has 0 amide bonds. The van der Waals surface area contributed by atoms with Crippen molar-refractivity contribution < 1.29 is 4.79 Å². The first-order chi connectivity index (χ1) is 8.81. The Bertz CT molecular complexity index is 262. The highest BCUT2D eigenvalue weighted by molar-refractivity contribution is 5.81. The van der Waals surface area contributed by atoms with Crippen LogP contribution in [0.1, 0.15) is 71.1 Å². The number of likely N-dealkylation sites (tertiary alicyclic amines) is 1. The smallest absolute Gasteiger partial charge is 0.137 e. The molecule has 104 valence electrons. The number of carbonyl (C=O) groups is 1. The topological polar surface area (TPSA) is 20.3 Å². The van der Waals surface area contributed by atoms with Crippen molar-refractivity contribution in [3.63, 3.8) is 0 Å². The van der Waals surface area contributed by atoms with Crippen molar-refractivity contribution in [3.8, 4) is 0 Å². The van der Waals surface area contributed by atoms with Crippen LogP contribution in [0.5, 0.6) is 0 Å². The summed E-state index contributed by atoms with van der Waals surface area (Å²) >= 11 is 0. The SMILES string of the molecule is CCCC1CCCCN1CC1CCCCCC1=O. The van der Waals surface area contributed by atoms with Gasteiger partial charge in [0.2, 0.25) is 0 Å². The number of hydrogen-bond acceptors (Lipinski definition) is 2. The average molecular weight is 251 g/mol. The van der Waals surface area contributed by atoms with Crippen LogP contribution in [-0.2, 0) is 4.79 Å². The number of nitrogens with zero attached hydrogens (tertiary/aromatic N) is 1. The predicted molar refractivity (Wildman–Crippen MR) is 75.7 cm³/mol. The number of hydrogen-bond donors (Lipinski definition) is 0. The van der Waals surface area contributed by atoms with Crippen LogP contribution < -0.4 is 0 Å². The number of ketones is 1. The van der Waals surface area contributed by atoms with Gasteiger partial charge >= 0.3 is 0 Å². The van der Waals surface area contributed by atoms with Crippen LogP contribution in [0.2, 0.25) is 0 Å². The fourth-order valence-corrected chi connectivity index (χ4v) is 3.67. The van der Waals surface area contributed by atoms with E-state index < -0.39 is 0 Å². The molecule has 0 bridgehead atoms. The lowest BCUT2D eigenvalue weighted by molar-refractivity contribution is -0.123. The van der Waals surface area contributed by atoms with Gasteiger partial charge in [-0.25, -0.2) is 0 Å². The Hall–Kier alpha value is -0.370. The first-order valence-corrected chi connectivity index (χ1v) is 8.08. The van der Waals surface area contributed by atoms with E-state index >= 15 is 0 Å². The van der Waals surface area contributed by atoms with E-state index in [4.69, 9.17) is 0 Å². The highest BCUT2D eigenvalue weighted by Crippen LogP contribution is 2.26. The third-order valence-corrected chi connectivity index (χ3v) is 4.76. The van der Waals surface area contributed by atoms with Crippen LogP contribution >= 0.6 is 0 Å². The molecule has 0 radical (unpaired) electrons. The van der Waals surface area contributed by atoms with Crippen molar-refractivity contribution in [1.82, 2.24) is 4.90 Å². The Balaban J connectivity index is 1.90. The summed E-state index contributed by atoms with van der Waals surface area (Å²) in [4.78, 5) is 14.8. The van der Waals surface area contributed by atoms with E-state index in [0.717, 1.165) is 31.8 Å². The van der Waals surface area contributed by atoms with E-state index in [1.807, 2.05) is 0 Å². The molecular weight excluding hydrogens is 222 g/mol.